The van der Waals surface area contributed by atoms with Gasteiger partial charge in [0.15, 0.2) is 5.69 Å². The normalized spacial score (nSPS) is 11.3. The molecule has 0 aliphatic rings. The summed E-state index contributed by atoms with van der Waals surface area (Å²) >= 11 is 0. The topological polar surface area (TPSA) is 57.0 Å². The van der Waals surface area contributed by atoms with Crippen LogP contribution < -0.4 is 4.74 Å². The van der Waals surface area contributed by atoms with Crippen molar-refractivity contribution in [1.29, 1.82) is 0 Å². The van der Waals surface area contributed by atoms with Crippen molar-refractivity contribution in [2.75, 3.05) is 6.61 Å². The molecule has 0 bridgehead atoms. The summed E-state index contributed by atoms with van der Waals surface area (Å²) in [7, 11) is 0. The summed E-state index contributed by atoms with van der Waals surface area (Å²) in [4.78, 5) is 10.9. The van der Waals surface area contributed by atoms with E-state index >= 15 is 0 Å². The lowest BCUT2D eigenvalue weighted by atomic mass is 10.3. The van der Waals surface area contributed by atoms with Crippen molar-refractivity contribution in [3.05, 3.63) is 42.2 Å². The minimum absolute atomic E-state index is 0.188. The van der Waals surface area contributed by atoms with Crippen LogP contribution in [0.25, 0.3) is 0 Å². The van der Waals surface area contributed by atoms with Crippen LogP contribution in [0, 0.1) is 0 Å². The molecule has 0 N–H and O–H groups in total. The van der Waals surface area contributed by atoms with Gasteiger partial charge in [0.05, 0.1) is 12.7 Å². The van der Waals surface area contributed by atoms with E-state index in [0.29, 0.717) is 5.75 Å². The molecule has 0 amide bonds. The Kier molecular flexibility index (Phi) is 4.02. The maximum atomic E-state index is 12.2. The van der Waals surface area contributed by atoms with Crippen molar-refractivity contribution < 1.29 is 22.7 Å². The van der Waals surface area contributed by atoms with Crippen molar-refractivity contribution in [3.8, 4) is 5.75 Å². The molecule has 0 aliphatic carbocycles. The molecule has 2 rings (SSSR count). The van der Waals surface area contributed by atoms with E-state index in [1.165, 1.54) is 0 Å². The molecular formula is C12H10F3N3O2. The van der Waals surface area contributed by atoms with Crippen LogP contribution in [0.4, 0.5) is 13.2 Å². The molecule has 2 aromatic rings. The number of benzene rings is 1. The standard InChI is InChI=1S/C12H10F3N3O2/c13-12(14,15)11(19)10-8-18(17-16-10)6-7-20-9-4-2-1-3-5-9/h1-5,8H,6-7H2. The smallest absolute Gasteiger partial charge is 0.456 e. The fraction of sp³-hybridized carbons (Fsp3) is 0.250. The highest BCUT2D eigenvalue weighted by Crippen LogP contribution is 2.19. The molecule has 20 heavy (non-hydrogen) atoms. The Balaban J connectivity index is 1.89. The Hall–Kier alpha value is -2.38. The van der Waals surface area contributed by atoms with Gasteiger partial charge in [-0.25, -0.2) is 4.68 Å². The van der Waals surface area contributed by atoms with Crippen molar-refractivity contribution >= 4 is 5.78 Å². The lowest BCUT2D eigenvalue weighted by molar-refractivity contribution is -0.0888. The van der Waals surface area contributed by atoms with Gasteiger partial charge in [-0.15, -0.1) is 5.10 Å². The van der Waals surface area contributed by atoms with E-state index in [1.807, 2.05) is 6.07 Å². The van der Waals surface area contributed by atoms with Gasteiger partial charge in [0.1, 0.15) is 12.4 Å². The lowest BCUT2D eigenvalue weighted by Crippen LogP contribution is -2.23. The Bertz CT molecular complexity index is 581. The zero-order chi connectivity index (χ0) is 14.6. The molecule has 0 spiro atoms. The number of hydrogen-bond donors (Lipinski definition) is 0. The summed E-state index contributed by atoms with van der Waals surface area (Å²) in [5.41, 5.74) is -0.725. The number of carbonyl (C=O) groups is 1. The Morgan fingerprint density at radius 1 is 1.25 bits per heavy atom. The number of halogens is 3. The summed E-state index contributed by atoms with van der Waals surface area (Å²) < 4.78 is 43.0. The summed E-state index contributed by atoms with van der Waals surface area (Å²) in [6.45, 7) is 0.389. The lowest BCUT2D eigenvalue weighted by Gasteiger charge is -2.05. The van der Waals surface area contributed by atoms with E-state index in [4.69, 9.17) is 4.74 Å². The molecule has 0 fully saturated rings. The first-order valence-electron chi connectivity index (χ1n) is 5.66. The van der Waals surface area contributed by atoms with E-state index in [0.717, 1.165) is 10.9 Å². The van der Waals surface area contributed by atoms with E-state index in [-0.39, 0.29) is 13.2 Å². The molecule has 1 heterocycles. The maximum absolute atomic E-state index is 12.2. The number of ketones is 1. The molecule has 0 atom stereocenters. The average molecular weight is 285 g/mol. The summed E-state index contributed by atoms with van der Waals surface area (Å²) in [6, 6.07) is 8.93. The first-order valence-corrected chi connectivity index (χ1v) is 5.66. The zero-order valence-electron chi connectivity index (χ0n) is 10.2. The molecule has 8 heteroatoms. The van der Waals surface area contributed by atoms with Crippen LogP contribution >= 0.6 is 0 Å². The van der Waals surface area contributed by atoms with Gasteiger partial charge in [-0.2, -0.15) is 13.2 Å². The number of nitrogens with zero attached hydrogens (tertiary/aromatic N) is 3. The van der Waals surface area contributed by atoms with Crippen LogP contribution in [-0.2, 0) is 6.54 Å². The van der Waals surface area contributed by atoms with Gasteiger partial charge in [-0.05, 0) is 12.1 Å². The Morgan fingerprint density at radius 3 is 2.60 bits per heavy atom. The van der Waals surface area contributed by atoms with Gasteiger partial charge in [0.2, 0.25) is 0 Å². The zero-order valence-corrected chi connectivity index (χ0v) is 10.2. The van der Waals surface area contributed by atoms with Crippen molar-refractivity contribution in [2.24, 2.45) is 0 Å². The van der Waals surface area contributed by atoms with Crippen LogP contribution in [0.3, 0.4) is 0 Å². The number of rotatable bonds is 5. The fourth-order valence-corrected chi connectivity index (χ4v) is 1.43. The van der Waals surface area contributed by atoms with Crippen LogP contribution in [0.15, 0.2) is 36.5 Å². The molecule has 0 aliphatic heterocycles. The van der Waals surface area contributed by atoms with Gasteiger partial charge >= 0.3 is 6.18 Å². The highest BCUT2D eigenvalue weighted by molar-refractivity contribution is 5.98. The SMILES string of the molecule is O=C(c1cn(CCOc2ccccc2)nn1)C(F)(F)F. The number of para-hydroxylation sites is 1. The van der Waals surface area contributed by atoms with Gasteiger partial charge < -0.3 is 4.74 Å². The first-order chi connectivity index (χ1) is 9.47. The Labute approximate surface area is 112 Å². The number of Topliss-reactive ketones (excluding diaryl/α,β-unsaturated/α-hetero) is 1. The quantitative estimate of drug-likeness (QED) is 0.789. The predicted molar refractivity (Wildman–Crippen MR) is 62.3 cm³/mol. The van der Waals surface area contributed by atoms with Crippen LogP contribution in [-0.4, -0.2) is 33.6 Å². The molecular weight excluding hydrogens is 275 g/mol. The highest BCUT2D eigenvalue weighted by atomic mass is 19.4. The van der Waals surface area contributed by atoms with Crippen molar-refractivity contribution in [1.82, 2.24) is 15.0 Å². The molecule has 1 aromatic carbocycles. The second-order valence-corrected chi connectivity index (χ2v) is 3.86. The third-order valence-corrected chi connectivity index (χ3v) is 2.36. The molecule has 106 valence electrons. The third-order valence-electron chi connectivity index (χ3n) is 2.36. The van der Waals surface area contributed by atoms with Crippen LogP contribution in [0.2, 0.25) is 0 Å². The highest BCUT2D eigenvalue weighted by Gasteiger charge is 2.41. The van der Waals surface area contributed by atoms with Crippen LogP contribution in [0.1, 0.15) is 10.5 Å². The number of alkyl halides is 3. The van der Waals surface area contributed by atoms with Gasteiger partial charge in [0.25, 0.3) is 5.78 Å². The second-order valence-electron chi connectivity index (χ2n) is 3.86. The van der Waals surface area contributed by atoms with Gasteiger partial charge in [0, 0.05) is 0 Å². The van der Waals surface area contributed by atoms with Crippen molar-refractivity contribution in [3.63, 3.8) is 0 Å². The molecule has 5 nitrogen and oxygen atoms in total. The molecule has 1 aromatic heterocycles. The maximum Gasteiger partial charge on any atom is 0.456 e. The fourth-order valence-electron chi connectivity index (χ4n) is 1.43. The van der Waals surface area contributed by atoms with Crippen LogP contribution in [0.5, 0.6) is 5.75 Å². The first kappa shape index (κ1) is 14.0. The summed E-state index contributed by atoms with van der Waals surface area (Å²) in [5, 5.41) is 6.64. The van der Waals surface area contributed by atoms with Crippen molar-refractivity contribution in [2.45, 2.75) is 12.7 Å². The molecule has 0 saturated carbocycles. The summed E-state index contributed by atoms with van der Waals surface area (Å²) in [6.07, 6.45) is -3.99. The van der Waals surface area contributed by atoms with E-state index in [9.17, 15) is 18.0 Å². The minimum atomic E-state index is -4.94. The van der Waals surface area contributed by atoms with E-state index in [1.54, 1.807) is 24.3 Å². The number of aromatic nitrogens is 3. The largest absolute Gasteiger partial charge is 0.492 e. The average Bonchev–Trinajstić information content (AvgIpc) is 2.87. The summed E-state index contributed by atoms with van der Waals surface area (Å²) in [5.74, 6) is -1.37. The predicted octanol–water partition coefficient (Wildman–Crippen LogP) is 2.10. The Morgan fingerprint density at radius 2 is 1.95 bits per heavy atom. The van der Waals surface area contributed by atoms with E-state index in [2.05, 4.69) is 10.3 Å². The van der Waals surface area contributed by atoms with Gasteiger partial charge in [-0.3, -0.25) is 4.79 Å². The van der Waals surface area contributed by atoms with E-state index < -0.39 is 17.7 Å². The number of hydrogen-bond acceptors (Lipinski definition) is 4. The molecule has 0 radical (unpaired) electrons. The molecule has 0 saturated heterocycles. The number of ether oxygens (including phenoxy) is 1. The number of carbonyl (C=O) groups excluding carboxylic acids is 1. The monoisotopic (exact) mass is 285 g/mol. The second kappa shape index (κ2) is 5.72. The third kappa shape index (κ3) is 3.56. The minimum Gasteiger partial charge on any atom is -0.492 e. The molecule has 0 unspecified atom stereocenters. The van der Waals surface area contributed by atoms with Gasteiger partial charge in [-0.1, -0.05) is 23.4 Å².